The highest BCUT2D eigenvalue weighted by Gasteiger charge is 2.04. The molecule has 91 valence electrons. The molecular formula is C15H31. The lowest BCUT2D eigenvalue weighted by Gasteiger charge is -2.14. The summed E-state index contributed by atoms with van der Waals surface area (Å²) in [4.78, 5) is 0. The normalized spacial score (nSPS) is 15.2. The maximum Gasteiger partial charge on any atom is -0.0443 e. The molecule has 0 aliphatic heterocycles. The van der Waals surface area contributed by atoms with E-state index in [9.17, 15) is 0 Å². The van der Waals surface area contributed by atoms with Gasteiger partial charge in [0.25, 0.3) is 0 Å². The van der Waals surface area contributed by atoms with Crippen LogP contribution in [0.25, 0.3) is 0 Å². The topological polar surface area (TPSA) is 0 Å². The zero-order chi connectivity index (χ0) is 11.5. The molecule has 0 nitrogen and oxygen atoms in total. The SMILES string of the molecule is [CH2]CCCCCCC(C)CCC(C)CC. The van der Waals surface area contributed by atoms with E-state index >= 15 is 0 Å². The lowest BCUT2D eigenvalue weighted by atomic mass is 9.93. The van der Waals surface area contributed by atoms with E-state index < -0.39 is 0 Å². The summed E-state index contributed by atoms with van der Waals surface area (Å²) < 4.78 is 0. The molecule has 0 bridgehead atoms. The summed E-state index contributed by atoms with van der Waals surface area (Å²) in [6.07, 6.45) is 12.3. The van der Waals surface area contributed by atoms with E-state index in [0.29, 0.717) is 0 Å². The lowest BCUT2D eigenvalue weighted by molar-refractivity contribution is 0.393. The highest BCUT2D eigenvalue weighted by molar-refractivity contribution is 4.58. The first-order valence-corrected chi connectivity index (χ1v) is 6.99. The molecule has 2 unspecified atom stereocenters. The average Bonchev–Trinajstić information content (AvgIpc) is 2.25. The highest BCUT2D eigenvalue weighted by Crippen LogP contribution is 2.19. The Kier molecular flexibility index (Phi) is 10.5. The summed E-state index contributed by atoms with van der Waals surface area (Å²) in [5, 5.41) is 0. The summed E-state index contributed by atoms with van der Waals surface area (Å²) in [5.41, 5.74) is 0. The fourth-order valence-corrected chi connectivity index (χ4v) is 1.94. The molecule has 0 aromatic heterocycles. The van der Waals surface area contributed by atoms with Gasteiger partial charge in [-0.2, -0.15) is 0 Å². The van der Waals surface area contributed by atoms with Gasteiger partial charge in [-0.1, -0.05) is 85.5 Å². The van der Waals surface area contributed by atoms with Crippen LogP contribution in [-0.4, -0.2) is 0 Å². The van der Waals surface area contributed by atoms with E-state index in [1.807, 2.05) is 0 Å². The van der Waals surface area contributed by atoms with Gasteiger partial charge >= 0.3 is 0 Å². The van der Waals surface area contributed by atoms with E-state index in [0.717, 1.165) is 18.3 Å². The van der Waals surface area contributed by atoms with Gasteiger partial charge in [-0.15, -0.1) is 0 Å². The monoisotopic (exact) mass is 211 g/mol. The molecule has 0 aliphatic carbocycles. The van der Waals surface area contributed by atoms with Crippen LogP contribution >= 0.6 is 0 Å². The second kappa shape index (κ2) is 10.5. The molecule has 15 heavy (non-hydrogen) atoms. The minimum atomic E-state index is 0.929. The lowest BCUT2D eigenvalue weighted by Crippen LogP contribution is -1.99. The molecule has 0 rings (SSSR count). The fraction of sp³-hybridized carbons (Fsp3) is 0.933. The van der Waals surface area contributed by atoms with Crippen molar-refractivity contribution in [2.24, 2.45) is 11.8 Å². The zero-order valence-electron chi connectivity index (χ0n) is 11.2. The van der Waals surface area contributed by atoms with Crippen LogP contribution in [0.3, 0.4) is 0 Å². The Hall–Kier alpha value is 0. The number of rotatable bonds is 10. The summed E-state index contributed by atoms with van der Waals surface area (Å²) in [6, 6.07) is 0. The minimum absolute atomic E-state index is 0.929. The molecule has 0 aromatic rings. The molecule has 0 saturated carbocycles. The van der Waals surface area contributed by atoms with Crippen LogP contribution in [0.4, 0.5) is 0 Å². The van der Waals surface area contributed by atoms with E-state index in [1.54, 1.807) is 0 Å². The van der Waals surface area contributed by atoms with Gasteiger partial charge in [0.05, 0.1) is 0 Å². The van der Waals surface area contributed by atoms with Crippen LogP contribution in [0.15, 0.2) is 0 Å². The largest absolute Gasteiger partial charge is 0.0651 e. The molecule has 0 amide bonds. The molecule has 0 N–H and O–H groups in total. The number of hydrogen-bond donors (Lipinski definition) is 0. The molecule has 2 atom stereocenters. The van der Waals surface area contributed by atoms with Crippen molar-refractivity contribution in [2.45, 2.75) is 78.6 Å². The fourth-order valence-electron chi connectivity index (χ4n) is 1.94. The zero-order valence-corrected chi connectivity index (χ0v) is 11.2. The predicted molar refractivity (Wildman–Crippen MR) is 70.9 cm³/mol. The van der Waals surface area contributed by atoms with E-state index in [-0.39, 0.29) is 0 Å². The second-order valence-electron chi connectivity index (χ2n) is 5.25. The van der Waals surface area contributed by atoms with Crippen molar-refractivity contribution < 1.29 is 0 Å². The summed E-state index contributed by atoms with van der Waals surface area (Å²) in [6.45, 7) is 11.0. The van der Waals surface area contributed by atoms with Crippen LogP contribution in [0.1, 0.15) is 78.6 Å². The van der Waals surface area contributed by atoms with Gasteiger partial charge in [0.2, 0.25) is 0 Å². The third-order valence-electron chi connectivity index (χ3n) is 3.55. The third-order valence-corrected chi connectivity index (χ3v) is 3.55. The van der Waals surface area contributed by atoms with Gasteiger partial charge in [-0.25, -0.2) is 0 Å². The van der Waals surface area contributed by atoms with Crippen LogP contribution in [0, 0.1) is 18.8 Å². The van der Waals surface area contributed by atoms with E-state index in [1.165, 1.54) is 51.4 Å². The number of unbranched alkanes of at least 4 members (excludes halogenated alkanes) is 4. The molecule has 1 radical (unpaired) electrons. The van der Waals surface area contributed by atoms with Gasteiger partial charge in [-0.05, 0) is 11.8 Å². The molecule has 0 heteroatoms. The van der Waals surface area contributed by atoms with Crippen molar-refractivity contribution in [3.63, 3.8) is 0 Å². The van der Waals surface area contributed by atoms with Gasteiger partial charge in [0, 0.05) is 0 Å². The van der Waals surface area contributed by atoms with Crippen molar-refractivity contribution in [1.82, 2.24) is 0 Å². The summed E-state index contributed by atoms with van der Waals surface area (Å²) >= 11 is 0. The van der Waals surface area contributed by atoms with Crippen molar-refractivity contribution in [3.05, 3.63) is 6.92 Å². The Morgan fingerprint density at radius 3 is 2.00 bits per heavy atom. The maximum absolute atomic E-state index is 3.88. The smallest absolute Gasteiger partial charge is 0.0443 e. The standard InChI is InChI=1S/C15H31/c1-5-7-8-9-10-11-15(4)13-12-14(3)6-2/h14-15H,1,5-13H2,2-4H3. The third kappa shape index (κ3) is 10.3. The molecule has 0 heterocycles. The van der Waals surface area contributed by atoms with Crippen molar-refractivity contribution >= 4 is 0 Å². The van der Waals surface area contributed by atoms with Crippen LogP contribution in [0.2, 0.25) is 0 Å². The first kappa shape index (κ1) is 15.0. The highest BCUT2D eigenvalue weighted by atomic mass is 14.1. The minimum Gasteiger partial charge on any atom is -0.0651 e. The Morgan fingerprint density at radius 1 is 0.800 bits per heavy atom. The van der Waals surface area contributed by atoms with Gasteiger partial charge in [0.1, 0.15) is 0 Å². The van der Waals surface area contributed by atoms with E-state index in [4.69, 9.17) is 0 Å². The van der Waals surface area contributed by atoms with Gasteiger partial charge in [-0.3, -0.25) is 0 Å². The molecule has 0 saturated heterocycles. The molecule has 0 fully saturated rings. The predicted octanol–water partition coefficient (Wildman–Crippen LogP) is 5.62. The van der Waals surface area contributed by atoms with Gasteiger partial charge < -0.3 is 0 Å². The van der Waals surface area contributed by atoms with Crippen LogP contribution < -0.4 is 0 Å². The van der Waals surface area contributed by atoms with Crippen molar-refractivity contribution in [2.75, 3.05) is 0 Å². The molecule has 0 aromatic carbocycles. The Bertz CT molecular complexity index is 117. The summed E-state index contributed by atoms with van der Waals surface area (Å²) in [7, 11) is 0. The van der Waals surface area contributed by atoms with Crippen molar-refractivity contribution in [3.8, 4) is 0 Å². The molecule has 0 aliphatic rings. The van der Waals surface area contributed by atoms with E-state index in [2.05, 4.69) is 27.7 Å². The number of hydrogen-bond acceptors (Lipinski definition) is 0. The summed E-state index contributed by atoms with van der Waals surface area (Å²) in [5.74, 6) is 1.87. The second-order valence-corrected chi connectivity index (χ2v) is 5.25. The Balaban J connectivity index is 3.21. The first-order chi connectivity index (χ1) is 7.20. The van der Waals surface area contributed by atoms with Crippen molar-refractivity contribution in [1.29, 1.82) is 0 Å². The van der Waals surface area contributed by atoms with Gasteiger partial charge in [0.15, 0.2) is 0 Å². The van der Waals surface area contributed by atoms with Crippen LogP contribution in [0.5, 0.6) is 0 Å². The average molecular weight is 211 g/mol. The molecule has 0 spiro atoms. The first-order valence-electron chi connectivity index (χ1n) is 6.99. The maximum atomic E-state index is 3.88. The quantitative estimate of drug-likeness (QED) is 0.411. The molecular weight excluding hydrogens is 180 g/mol. The Morgan fingerprint density at radius 2 is 1.40 bits per heavy atom. The van der Waals surface area contributed by atoms with Crippen LogP contribution in [-0.2, 0) is 0 Å². The Labute approximate surface area is 97.8 Å².